The van der Waals surface area contributed by atoms with Gasteiger partial charge in [0.1, 0.15) is 18.3 Å². The highest BCUT2D eigenvalue weighted by Crippen LogP contribution is 2.36. The van der Waals surface area contributed by atoms with Gasteiger partial charge in [-0.25, -0.2) is 12.7 Å². The zero-order valence-electron chi connectivity index (χ0n) is 26.4. The number of anilines is 1. The first-order valence-corrected chi connectivity index (χ1v) is 16.3. The maximum atomic E-state index is 14.2. The standard InChI is InChI=1S/C32H43N5O6S/c1-7-9-14-29-34-32(5,20-33)31(38)36(29)18-24-15-16-26(25(17-24)19-42-8-2)27-12-10-11-13-28(27)44(39,40)37(21-41-6)30-22(3)23(4)43-35-30/h10-13,15-17H,7-9,14,18-21,33H2,1-6H3. The number of sulfonamides is 1. The quantitative estimate of drug-likeness (QED) is 0.234. The Bertz CT molecular complexity index is 1620. The van der Waals surface area contributed by atoms with Crippen LogP contribution in [-0.2, 0) is 37.4 Å². The number of aromatic nitrogens is 1. The lowest BCUT2D eigenvalue weighted by Crippen LogP contribution is -2.44. The Hall–Kier alpha value is -3.58. The van der Waals surface area contributed by atoms with Crippen molar-refractivity contribution < 1.29 is 27.2 Å². The molecular weight excluding hydrogens is 582 g/mol. The van der Waals surface area contributed by atoms with Crippen molar-refractivity contribution in [3.05, 3.63) is 64.9 Å². The number of ether oxygens (including phenoxy) is 2. The number of carbonyl (C=O) groups excluding carboxylic acids is 1. The second-order valence-electron chi connectivity index (χ2n) is 11.1. The van der Waals surface area contributed by atoms with Gasteiger partial charge in [-0.2, -0.15) is 0 Å². The van der Waals surface area contributed by atoms with Crippen LogP contribution in [0.25, 0.3) is 11.1 Å². The molecule has 0 radical (unpaired) electrons. The first kappa shape index (κ1) is 33.3. The molecule has 1 atom stereocenters. The van der Waals surface area contributed by atoms with E-state index in [9.17, 15) is 13.2 Å². The summed E-state index contributed by atoms with van der Waals surface area (Å²) in [7, 11) is -2.72. The van der Waals surface area contributed by atoms with Gasteiger partial charge in [0.2, 0.25) is 0 Å². The SMILES string of the molecule is CCCCC1=NC(C)(CN)C(=O)N1Cc1ccc(-c2ccccc2S(=O)(=O)N(COC)c2noc(C)c2C)c(COCC)c1. The number of nitrogens with zero attached hydrogens (tertiary/aromatic N) is 4. The second-order valence-corrected chi connectivity index (χ2v) is 12.9. The zero-order valence-corrected chi connectivity index (χ0v) is 27.2. The third-order valence-electron chi connectivity index (χ3n) is 7.88. The predicted molar refractivity (Wildman–Crippen MR) is 170 cm³/mol. The number of hydrogen-bond donors (Lipinski definition) is 1. The van der Waals surface area contributed by atoms with E-state index in [2.05, 4.69) is 12.1 Å². The monoisotopic (exact) mass is 625 g/mol. The Labute approximate surface area is 260 Å². The van der Waals surface area contributed by atoms with Gasteiger partial charge in [0.15, 0.2) is 11.4 Å². The summed E-state index contributed by atoms with van der Waals surface area (Å²) in [5.74, 6) is 1.32. The van der Waals surface area contributed by atoms with Crippen LogP contribution in [0.5, 0.6) is 0 Å². The van der Waals surface area contributed by atoms with Gasteiger partial charge in [-0.15, -0.1) is 0 Å². The minimum Gasteiger partial charge on any atom is -0.377 e. The number of benzene rings is 2. The van der Waals surface area contributed by atoms with E-state index >= 15 is 0 Å². The van der Waals surface area contributed by atoms with E-state index in [1.54, 1.807) is 49.9 Å². The Balaban J connectivity index is 1.77. The van der Waals surface area contributed by atoms with Crippen LogP contribution in [0.1, 0.15) is 62.5 Å². The molecular formula is C32H43N5O6S. The molecule has 2 aromatic carbocycles. The molecule has 1 unspecified atom stereocenters. The molecule has 1 aliphatic rings. The number of methoxy groups -OCH3 is 1. The van der Waals surface area contributed by atoms with E-state index < -0.39 is 15.6 Å². The van der Waals surface area contributed by atoms with Crippen LogP contribution in [-0.4, -0.2) is 62.7 Å². The summed E-state index contributed by atoms with van der Waals surface area (Å²) >= 11 is 0. The van der Waals surface area contributed by atoms with Crippen molar-refractivity contribution in [3.8, 4) is 11.1 Å². The minimum atomic E-state index is -4.15. The fourth-order valence-electron chi connectivity index (χ4n) is 5.18. The van der Waals surface area contributed by atoms with Crippen molar-refractivity contribution in [3.63, 3.8) is 0 Å². The van der Waals surface area contributed by atoms with Gasteiger partial charge in [-0.3, -0.25) is 14.7 Å². The fourth-order valence-corrected chi connectivity index (χ4v) is 6.76. The molecule has 2 N–H and O–H groups in total. The number of amides is 1. The summed E-state index contributed by atoms with van der Waals surface area (Å²) in [6.07, 6.45) is 2.58. The Morgan fingerprint density at radius 2 is 1.86 bits per heavy atom. The summed E-state index contributed by atoms with van der Waals surface area (Å²) < 4.78 is 45.9. The smallest absolute Gasteiger partial charge is 0.268 e. The van der Waals surface area contributed by atoms with E-state index in [-0.39, 0.29) is 36.5 Å². The number of rotatable bonds is 15. The normalized spacial score (nSPS) is 16.9. The van der Waals surface area contributed by atoms with Gasteiger partial charge in [0.05, 0.1) is 18.0 Å². The molecule has 0 bridgehead atoms. The summed E-state index contributed by atoms with van der Waals surface area (Å²) in [6.45, 7) is 10.2. The van der Waals surface area contributed by atoms with Crippen molar-refractivity contribution >= 4 is 27.6 Å². The first-order chi connectivity index (χ1) is 21.0. The lowest BCUT2D eigenvalue weighted by molar-refractivity contribution is -0.130. The van der Waals surface area contributed by atoms with Crippen molar-refractivity contribution in [1.82, 2.24) is 10.1 Å². The molecule has 0 aliphatic carbocycles. The highest BCUT2D eigenvalue weighted by molar-refractivity contribution is 7.93. The van der Waals surface area contributed by atoms with Crippen LogP contribution in [0, 0.1) is 13.8 Å². The molecule has 0 saturated carbocycles. The minimum absolute atomic E-state index is 0.0880. The van der Waals surface area contributed by atoms with Gasteiger partial charge in [-0.1, -0.05) is 54.9 Å². The molecule has 1 aliphatic heterocycles. The Morgan fingerprint density at radius 1 is 1.11 bits per heavy atom. The molecule has 0 spiro atoms. The number of hydrogen-bond acceptors (Lipinski definition) is 9. The average molecular weight is 626 g/mol. The van der Waals surface area contributed by atoms with E-state index in [0.717, 1.165) is 34.1 Å². The fraction of sp³-hybridized carbons (Fsp3) is 0.469. The van der Waals surface area contributed by atoms with Gasteiger partial charge in [-0.05, 0) is 56.9 Å². The molecule has 1 aromatic heterocycles. The summed E-state index contributed by atoms with van der Waals surface area (Å²) in [5, 5.41) is 4.02. The molecule has 0 fully saturated rings. The molecule has 3 aromatic rings. The van der Waals surface area contributed by atoms with Gasteiger partial charge >= 0.3 is 0 Å². The maximum Gasteiger partial charge on any atom is 0.268 e. The van der Waals surface area contributed by atoms with Gasteiger partial charge in [0.25, 0.3) is 15.9 Å². The topological polar surface area (TPSA) is 141 Å². The van der Waals surface area contributed by atoms with Gasteiger partial charge < -0.3 is 19.7 Å². The van der Waals surface area contributed by atoms with Crippen molar-refractivity contribution in [2.45, 2.75) is 77.5 Å². The number of unbranched alkanes of at least 4 members (excludes halogenated alkanes) is 1. The molecule has 11 nitrogen and oxygen atoms in total. The lowest BCUT2D eigenvalue weighted by atomic mass is 9.97. The third kappa shape index (κ3) is 6.58. The molecule has 238 valence electrons. The van der Waals surface area contributed by atoms with Crippen LogP contribution in [0.4, 0.5) is 5.82 Å². The van der Waals surface area contributed by atoms with E-state index in [1.165, 1.54) is 7.11 Å². The van der Waals surface area contributed by atoms with Crippen LogP contribution < -0.4 is 10.0 Å². The van der Waals surface area contributed by atoms with Crippen molar-refractivity contribution in [2.75, 3.05) is 31.3 Å². The lowest BCUT2D eigenvalue weighted by Gasteiger charge is -2.24. The van der Waals surface area contributed by atoms with Crippen molar-refractivity contribution in [1.29, 1.82) is 0 Å². The number of aliphatic imine (C=N–C) groups is 1. The van der Waals surface area contributed by atoms with Crippen LogP contribution in [0.15, 0.2) is 56.9 Å². The van der Waals surface area contributed by atoms with E-state index in [4.69, 9.17) is 24.7 Å². The first-order valence-electron chi connectivity index (χ1n) is 14.9. The number of carbonyl (C=O) groups is 1. The highest BCUT2D eigenvalue weighted by atomic mass is 32.2. The van der Waals surface area contributed by atoms with E-state index in [1.807, 2.05) is 25.1 Å². The summed E-state index contributed by atoms with van der Waals surface area (Å²) in [4.78, 5) is 19.9. The van der Waals surface area contributed by atoms with Crippen molar-refractivity contribution in [2.24, 2.45) is 10.7 Å². The molecule has 12 heteroatoms. The summed E-state index contributed by atoms with van der Waals surface area (Å²) in [6, 6.07) is 12.6. The largest absolute Gasteiger partial charge is 0.377 e. The highest BCUT2D eigenvalue weighted by Gasteiger charge is 2.43. The molecule has 4 rings (SSSR count). The third-order valence-corrected chi connectivity index (χ3v) is 9.65. The molecule has 44 heavy (non-hydrogen) atoms. The Morgan fingerprint density at radius 3 is 2.50 bits per heavy atom. The van der Waals surface area contributed by atoms with Crippen LogP contribution in [0.2, 0.25) is 0 Å². The van der Waals surface area contributed by atoms with Crippen LogP contribution >= 0.6 is 0 Å². The summed E-state index contributed by atoms with van der Waals surface area (Å²) in [5.41, 5.74) is 8.46. The molecule has 1 amide bonds. The second kappa shape index (κ2) is 14.0. The predicted octanol–water partition coefficient (Wildman–Crippen LogP) is 4.94. The number of aryl methyl sites for hydroxylation is 1. The van der Waals surface area contributed by atoms with Crippen LogP contribution in [0.3, 0.4) is 0 Å². The Kier molecular flexibility index (Phi) is 10.6. The molecule has 0 saturated heterocycles. The number of nitrogens with two attached hydrogens (primary N) is 1. The zero-order chi connectivity index (χ0) is 32.1. The number of amidine groups is 1. The maximum absolute atomic E-state index is 14.2. The molecule has 2 heterocycles. The average Bonchev–Trinajstić information content (AvgIpc) is 3.47. The van der Waals surface area contributed by atoms with E-state index in [0.29, 0.717) is 42.0 Å². The van der Waals surface area contributed by atoms with Gasteiger partial charge in [0, 0.05) is 37.8 Å².